The Hall–Kier alpha value is -0.132. The molecule has 0 bridgehead atoms. The van der Waals surface area contributed by atoms with Gasteiger partial charge < -0.3 is 31.3 Å². The van der Waals surface area contributed by atoms with Crippen LogP contribution in [0.2, 0.25) is 0 Å². The first-order valence-corrected chi connectivity index (χ1v) is 2.20. The Morgan fingerprint density at radius 1 is 0.600 bits per heavy atom. The SMILES string of the molecule is C.C.C.C.O.O.O.O=C=O.O=C=O.[CH2]=[Cu].[CH3-].[CH3-].[Cu+2].[O]=[Cu]. The van der Waals surface area contributed by atoms with Crippen LogP contribution in [0.3, 0.4) is 0 Å². The van der Waals surface area contributed by atoms with Crippen LogP contribution >= 0.6 is 0 Å². The Morgan fingerprint density at radius 2 is 0.600 bits per heavy atom. The van der Waals surface area contributed by atoms with Crippen LogP contribution in [0, 0.1) is 14.9 Å². The van der Waals surface area contributed by atoms with E-state index in [0.29, 0.717) is 0 Å². The Morgan fingerprint density at radius 3 is 0.600 bits per heavy atom. The van der Waals surface area contributed by atoms with Crippen LogP contribution in [-0.4, -0.2) is 34.2 Å². The zero-order valence-electron chi connectivity index (χ0n) is 8.15. The molecule has 0 fully saturated rings. The van der Waals surface area contributed by atoms with E-state index in [0.717, 1.165) is 0 Å². The number of rotatable bonds is 0. The molecule has 0 rings (SSSR count). The molecule has 11 heteroatoms. The summed E-state index contributed by atoms with van der Waals surface area (Å²) >= 11 is 6.88. The predicted molar refractivity (Wildman–Crippen MR) is 68.4 cm³/mol. The third-order valence-corrected chi connectivity index (χ3v) is 0. The normalized spacial score (nSPS) is 1.40. The van der Waals surface area contributed by atoms with Crippen LogP contribution in [0.25, 0.3) is 0 Å². The van der Waals surface area contributed by atoms with E-state index in [4.69, 9.17) is 23.0 Å². The van der Waals surface area contributed by atoms with Crippen LogP contribution < -0.4 is 0 Å². The van der Waals surface area contributed by atoms with Crippen molar-refractivity contribution in [2.75, 3.05) is 0 Å². The summed E-state index contributed by atoms with van der Waals surface area (Å²) in [6, 6.07) is 0. The van der Waals surface area contributed by atoms with Gasteiger partial charge in [-0.15, -0.1) is 0 Å². The van der Waals surface area contributed by atoms with E-state index in [9.17, 15) is 0 Å². The Kier molecular flexibility index (Phi) is 17700. The van der Waals surface area contributed by atoms with E-state index in [-0.39, 0.29) is 90.4 Å². The second-order valence-electron chi connectivity index (χ2n) is 0.167. The molecule has 147 valence electrons. The summed E-state index contributed by atoms with van der Waals surface area (Å²) in [5.41, 5.74) is 2.81. The van der Waals surface area contributed by atoms with Crippen molar-refractivity contribution in [1.29, 1.82) is 0 Å². The molecule has 6 N–H and O–H groups in total. The topological polar surface area (TPSA) is 180 Å². The van der Waals surface area contributed by atoms with Crippen LogP contribution in [0.5, 0.6) is 0 Å². The molecule has 0 unspecified atom stereocenters. The number of hydrogen-bond acceptors (Lipinski definition) is 5. The molecule has 1 radical (unpaired) electrons. The first-order chi connectivity index (χ1) is 4.83. The molecule has 0 aliphatic heterocycles. The first-order valence-electron chi connectivity index (χ1n) is 1.15. The molecule has 0 aromatic heterocycles. The summed E-state index contributed by atoms with van der Waals surface area (Å²) in [4.78, 5) is 32.5. The van der Waals surface area contributed by atoms with Gasteiger partial charge in [0.25, 0.3) is 0 Å². The standard InChI is InChI=1S/2CO2.4CH4.2CH3.CH2.3Cu.3H2O.O/c2*2-1-3;;;;;;;;;;;;;;/h;;4*1H4;2*1H3;1H2;;;;3*1H2;/q;;;;;;2*-1;;;;+2;;;;. The molecule has 0 aromatic carbocycles. The van der Waals surface area contributed by atoms with E-state index in [1.165, 1.54) is 0 Å². The van der Waals surface area contributed by atoms with Gasteiger partial charge in [-0.05, 0) is 0 Å². The van der Waals surface area contributed by atoms with E-state index in [1.807, 2.05) is 0 Å². The van der Waals surface area contributed by atoms with Crippen LogP contribution in [0.4, 0.5) is 0 Å². The monoisotopic (exact) mass is 455 g/mol. The number of carbonyl (C=O) groups excluding carboxylic acids is 4. The van der Waals surface area contributed by atoms with E-state index < -0.39 is 0 Å². The fraction of sp³-hybridized carbons (Fsp3) is 0.444. The molecule has 0 aliphatic carbocycles. The average molecular weight is 457 g/mol. The van der Waals surface area contributed by atoms with Gasteiger partial charge >= 0.3 is 70.2 Å². The summed E-state index contributed by atoms with van der Waals surface area (Å²) in [5.74, 6) is 0. The minimum absolute atomic E-state index is 0. The molecule has 0 spiro atoms. The van der Waals surface area contributed by atoms with Crippen molar-refractivity contribution in [3.63, 3.8) is 0 Å². The summed E-state index contributed by atoms with van der Waals surface area (Å²) in [5, 5.41) is 0. The van der Waals surface area contributed by atoms with Gasteiger partial charge in [0, 0.05) is 0 Å². The van der Waals surface area contributed by atoms with Crippen molar-refractivity contribution in [1.82, 2.24) is 0 Å². The third kappa shape index (κ3) is 294000. The Bertz CT molecular complexity index is 102. The minimum atomic E-state index is 0. The third-order valence-electron chi connectivity index (χ3n) is 0. The summed E-state index contributed by atoms with van der Waals surface area (Å²) in [6.07, 6.45) is 0.500. The van der Waals surface area contributed by atoms with E-state index >= 15 is 0 Å². The maximum atomic E-state index is 8.12. The van der Waals surface area contributed by atoms with Gasteiger partial charge in [0.1, 0.15) is 0 Å². The summed E-state index contributed by atoms with van der Waals surface area (Å²) < 4.78 is 7.81. The molecule has 0 aromatic rings. The summed E-state index contributed by atoms with van der Waals surface area (Å²) in [7, 11) is 0. The van der Waals surface area contributed by atoms with Gasteiger partial charge in [-0.3, -0.25) is 0 Å². The second kappa shape index (κ2) is 1730. The molecule has 0 heterocycles. The average Bonchev–Trinajstić information content (AvgIpc) is 1.99. The van der Waals surface area contributed by atoms with Crippen molar-refractivity contribution in [3.05, 3.63) is 14.9 Å². The van der Waals surface area contributed by atoms with Gasteiger partial charge in [-0.2, -0.15) is 19.2 Å². The van der Waals surface area contributed by atoms with Crippen molar-refractivity contribution in [3.8, 4) is 0 Å². The van der Waals surface area contributed by atoms with Gasteiger partial charge in [-0.1, -0.05) is 29.7 Å². The maximum absolute atomic E-state index is 8.12. The van der Waals surface area contributed by atoms with Crippen molar-refractivity contribution >= 4 is 17.7 Å². The molecular formula is C9H30Cu3O8. The van der Waals surface area contributed by atoms with Crippen molar-refractivity contribution in [2.45, 2.75) is 29.7 Å². The fourth-order valence-corrected chi connectivity index (χ4v) is 0. The molecule has 0 atom stereocenters. The molecule has 0 aliphatic rings. The predicted octanol–water partition coefficient (Wildman–Crippen LogP) is -0.355. The zero-order chi connectivity index (χ0) is 9.41. The zero-order valence-corrected chi connectivity index (χ0v) is 11.0. The van der Waals surface area contributed by atoms with Crippen molar-refractivity contribution in [2.24, 2.45) is 0 Å². The molecule has 0 saturated heterocycles. The molecule has 20 heavy (non-hydrogen) atoms. The van der Waals surface area contributed by atoms with Gasteiger partial charge in [0.05, 0.1) is 0 Å². The molecule has 0 amide bonds. The molecule has 0 saturated carbocycles. The molecule has 8 nitrogen and oxygen atoms in total. The van der Waals surface area contributed by atoms with Crippen LogP contribution in [0.15, 0.2) is 0 Å². The molecular weight excluding hydrogens is 427 g/mol. The van der Waals surface area contributed by atoms with Crippen LogP contribution in [-0.2, 0) is 71.6 Å². The Labute approximate surface area is 150 Å². The first kappa shape index (κ1) is 205. The van der Waals surface area contributed by atoms with E-state index in [2.05, 4.69) is 36.9 Å². The number of hydrogen-bond donors (Lipinski definition) is 0. The quantitative estimate of drug-likeness (QED) is 0.356. The Balaban J connectivity index is -0.00000000173. The fourth-order valence-electron chi connectivity index (χ4n) is 0. The van der Waals surface area contributed by atoms with Gasteiger partial charge in [0.2, 0.25) is 0 Å². The van der Waals surface area contributed by atoms with Gasteiger partial charge in [0.15, 0.2) is 0 Å². The van der Waals surface area contributed by atoms with E-state index in [1.54, 1.807) is 0 Å². The van der Waals surface area contributed by atoms with Crippen LogP contribution in [0.1, 0.15) is 29.7 Å². The van der Waals surface area contributed by atoms with Crippen molar-refractivity contribution < 1.29 is 88.0 Å². The second-order valence-corrected chi connectivity index (χ2v) is 0.167. The van der Waals surface area contributed by atoms with Gasteiger partial charge in [-0.25, -0.2) is 0 Å². The summed E-state index contributed by atoms with van der Waals surface area (Å²) in [6.45, 7) is 0.